The van der Waals surface area contributed by atoms with Gasteiger partial charge in [0.05, 0.1) is 46.9 Å². The van der Waals surface area contributed by atoms with Crippen molar-refractivity contribution in [3.63, 3.8) is 0 Å². The third-order valence-corrected chi connectivity index (χ3v) is 11.1. The molecule has 8 aromatic carbocycles. The topological polar surface area (TPSA) is 75.7 Å². The van der Waals surface area contributed by atoms with Gasteiger partial charge in [-0.25, -0.2) is 22.4 Å². The SMILES string of the molecule is [C-]#[N+]c1cc(F)cc(-c2cc(-c3cc(F)cc(C#N)c3)cc(C3(c4cc(-c5cc(F)cc(C#N)c5)cc(-c5cc(F)cc(C#N)c5)c4)c4ccccc4-c4ccccc43)c2)c1. The van der Waals surface area contributed by atoms with Crippen LogP contribution in [0.15, 0.2) is 158 Å². The normalized spacial score (nSPS) is 12.0. The van der Waals surface area contributed by atoms with Crippen molar-refractivity contribution in [3.8, 4) is 73.8 Å². The van der Waals surface area contributed by atoms with Crippen molar-refractivity contribution in [2.45, 2.75) is 5.41 Å². The quantitative estimate of drug-likeness (QED) is 0.124. The van der Waals surface area contributed by atoms with Gasteiger partial charge in [-0.1, -0.05) is 48.5 Å². The van der Waals surface area contributed by atoms with E-state index in [-0.39, 0.29) is 22.4 Å². The second-order valence-corrected chi connectivity index (χ2v) is 14.8. The number of halogens is 4. The minimum absolute atomic E-state index is 0.0711. The molecule has 1 aliphatic carbocycles. The molecule has 0 unspecified atom stereocenters. The zero-order chi connectivity index (χ0) is 42.4. The number of fused-ring (bicyclic) bond motifs is 3. The molecule has 0 radical (unpaired) electrons. The molecule has 4 nitrogen and oxygen atoms in total. The summed E-state index contributed by atoms with van der Waals surface area (Å²) in [7, 11) is 0. The van der Waals surface area contributed by atoms with Gasteiger partial charge in [0.15, 0.2) is 5.69 Å². The molecule has 0 aliphatic heterocycles. The van der Waals surface area contributed by atoms with Gasteiger partial charge in [0.2, 0.25) is 0 Å². The summed E-state index contributed by atoms with van der Waals surface area (Å²) in [6, 6.07) is 48.9. The molecule has 0 aromatic heterocycles. The van der Waals surface area contributed by atoms with Crippen LogP contribution < -0.4 is 0 Å². The van der Waals surface area contributed by atoms with Crippen LogP contribution in [0.25, 0.3) is 60.5 Å². The average molecular weight is 795 g/mol. The fourth-order valence-corrected chi connectivity index (χ4v) is 8.65. The third-order valence-electron chi connectivity index (χ3n) is 11.1. The molecule has 8 heteroatoms. The van der Waals surface area contributed by atoms with E-state index in [1.54, 1.807) is 36.4 Å². The van der Waals surface area contributed by atoms with Gasteiger partial charge in [-0.3, -0.25) is 0 Å². The molecule has 0 N–H and O–H groups in total. The predicted octanol–water partition coefficient (Wildman–Crippen LogP) is 13.4. The second-order valence-electron chi connectivity index (χ2n) is 14.8. The lowest BCUT2D eigenvalue weighted by Gasteiger charge is -2.35. The van der Waals surface area contributed by atoms with Gasteiger partial charge in [-0.15, -0.1) is 0 Å². The summed E-state index contributed by atoms with van der Waals surface area (Å²) in [5.41, 5.74) is 7.23. The molecule has 1 aliphatic rings. The van der Waals surface area contributed by atoms with E-state index in [1.807, 2.05) is 91.0 Å². The van der Waals surface area contributed by atoms with Crippen LogP contribution in [-0.4, -0.2) is 0 Å². The molecular formula is C53H26F4N4. The van der Waals surface area contributed by atoms with E-state index in [4.69, 9.17) is 6.57 Å². The molecule has 0 saturated heterocycles. The molecule has 0 bridgehead atoms. The van der Waals surface area contributed by atoms with E-state index in [0.29, 0.717) is 55.6 Å². The zero-order valence-corrected chi connectivity index (χ0v) is 31.8. The highest BCUT2D eigenvalue weighted by atomic mass is 19.1. The predicted molar refractivity (Wildman–Crippen MR) is 226 cm³/mol. The first-order valence-corrected chi connectivity index (χ1v) is 18.9. The van der Waals surface area contributed by atoms with Gasteiger partial charge in [0.1, 0.15) is 23.3 Å². The fraction of sp³-hybridized carbons (Fsp3) is 0.0189. The van der Waals surface area contributed by atoms with Crippen molar-refractivity contribution in [2.75, 3.05) is 0 Å². The Balaban J connectivity index is 1.46. The molecule has 0 fully saturated rings. The van der Waals surface area contributed by atoms with E-state index < -0.39 is 28.7 Å². The molecule has 0 atom stereocenters. The summed E-state index contributed by atoms with van der Waals surface area (Å²) in [5.74, 6) is -2.54. The van der Waals surface area contributed by atoms with Gasteiger partial charge in [0.25, 0.3) is 0 Å². The van der Waals surface area contributed by atoms with Crippen molar-refractivity contribution < 1.29 is 17.6 Å². The van der Waals surface area contributed by atoms with Gasteiger partial charge in [0, 0.05) is 0 Å². The number of benzene rings is 8. The maximum atomic E-state index is 15.3. The molecule has 0 spiro atoms. The number of nitriles is 3. The highest BCUT2D eigenvalue weighted by Gasteiger charge is 2.46. The number of nitrogens with zero attached hydrogens (tertiary/aromatic N) is 4. The van der Waals surface area contributed by atoms with Gasteiger partial charge in [-0.05, 0) is 187 Å². The summed E-state index contributed by atoms with van der Waals surface area (Å²) in [5, 5.41) is 29.6. The van der Waals surface area contributed by atoms with Crippen LogP contribution in [0.4, 0.5) is 23.2 Å². The van der Waals surface area contributed by atoms with Crippen LogP contribution in [0.1, 0.15) is 38.9 Å². The van der Waals surface area contributed by atoms with Crippen molar-refractivity contribution in [1.82, 2.24) is 0 Å². The molecule has 0 amide bonds. The Bertz CT molecular complexity index is 2940. The van der Waals surface area contributed by atoms with Crippen LogP contribution in [0.2, 0.25) is 0 Å². The molecule has 0 saturated carbocycles. The van der Waals surface area contributed by atoms with Crippen molar-refractivity contribution in [1.29, 1.82) is 15.8 Å². The molecule has 9 rings (SSSR count). The Morgan fingerprint density at radius 2 is 0.721 bits per heavy atom. The maximum Gasteiger partial charge on any atom is 0.190 e. The second kappa shape index (κ2) is 15.0. The van der Waals surface area contributed by atoms with Crippen LogP contribution in [-0.2, 0) is 5.41 Å². The van der Waals surface area contributed by atoms with E-state index in [2.05, 4.69) is 4.85 Å². The summed E-state index contributed by atoms with van der Waals surface area (Å²) >= 11 is 0. The Kier molecular flexibility index (Phi) is 9.33. The largest absolute Gasteiger partial charge is 0.238 e. The average Bonchev–Trinajstić information content (AvgIpc) is 3.59. The summed E-state index contributed by atoms with van der Waals surface area (Å²) in [6.07, 6.45) is 0. The molecular weight excluding hydrogens is 769 g/mol. The highest BCUT2D eigenvalue weighted by molar-refractivity contribution is 5.90. The van der Waals surface area contributed by atoms with E-state index >= 15 is 17.6 Å². The van der Waals surface area contributed by atoms with Crippen molar-refractivity contribution in [3.05, 3.63) is 231 Å². The lowest BCUT2D eigenvalue weighted by Crippen LogP contribution is -2.29. The van der Waals surface area contributed by atoms with Crippen LogP contribution in [0.5, 0.6) is 0 Å². The van der Waals surface area contributed by atoms with Crippen molar-refractivity contribution in [2.24, 2.45) is 0 Å². The van der Waals surface area contributed by atoms with Gasteiger partial charge in [-0.2, -0.15) is 15.8 Å². The van der Waals surface area contributed by atoms with Crippen LogP contribution >= 0.6 is 0 Å². The smallest absolute Gasteiger partial charge is 0.190 e. The Morgan fingerprint density at radius 1 is 0.393 bits per heavy atom. The van der Waals surface area contributed by atoms with Crippen LogP contribution in [0, 0.1) is 63.8 Å². The number of hydrogen-bond acceptors (Lipinski definition) is 3. The van der Waals surface area contributed by atoms with Crippen molar-refractivity contribution >= 4 is 5.69 Å². The minimum Gasteiger partial charge on any atom is -0.238 e. The highest BCUT2D eigenvalue weighted by Crippen LogP contribution is 2.57. The number of rotatable bonds is 6. The summed E-state index contributed by atoms with van der Waals surface area (Å²) in [4.78, 5) is 3.50. The summed E-state index contributed by atoms with van der Waals surface area (Å²) < 4.78 is 61.0. The summed E-state index contributed by atoms with van der Waals surface area (Å²) in [6.45, 7) is 7.69. The molecule has 286 valence electrons. The van der Waals surface area contributed by atoms with Gasteiger partial charge >= 0.3 is 0 Å². The first-order chi connectivity index (χ1) is 29.6. The standard InChI is InChI=1S/C53H26F4N4/c1-61-48-26-41(25-47(57)27-48)40-17-39(36-12-33(30-60)15-46(56)24-36)20-43(21-40)53(51-8-4-2-6-49(51)50-7-3-5-9-52(50)53)42-18-37(34-10-31(28-58)13-44(54)22-34)16-38(19-42)35-11-32(29-59)14-45(55)23-35/h2-27H. The Hall–Kier alpha value is -8.56. The van der Waals surface area contributed by atoms with Crippen LogP contribution in [0.3, 0.4) is 0 Å². The number of hydrogen-bond donors (Lipinski definition) is 0. The van der Waals surface area contributed by atoms with Gasteiger partial charge < -0.3 is 0 Å². The molecule has 61 heavy (non-hydrogen) atoms. The van der Waals surface area contributed by atoms with E-state index in [1.165, 1.54) is 24.3 Å². The first kappa shape index (κ1) is 38.0. The lowest BCUT2D eigenvalue weighted by atomic mass is 9.66. The third kappa shape index (κ3) is 6.66. The van der Waals surface area contributed by atoms with E-state index in [9.17, 15) is 15.8 Å². The fourth-order valence-electron chi connectivity index (χ4n) is 8.65. The lowest BCUT2D eigenvalue weighted by molar-refractivity contribution is 0.627. The first-order valence-electron chi connectivity index (χ1n) is 18.9. The maximum absolute atomic E-state index is 15.3. The minimum atomic E-state index is -1.25. The molecule has 0 heterocycles. The monoisotopic (exact) mass is 794 g/mol. The van der Waals surface area contributed by atoms with E-state index in [0.717, 1.165) is 46.5 Å². The molecule has 8 aromatic rings. The zero-order valence-electron chi connectivity index (χ0n) is 31.8. The Morgan fingerprint density at radius 3 is 1.08 bits per heavy atom. The Labute approximate surface area is 348 Å².